The van der Waals surface area contributed by atoms with Crippen molar-refractivity contribution in [2.45, 2.75) is 6.92 Å². The highest BCUT2D eigenvalue weighted by molar-refractivity contribution is 7.84. The normalized spacial score (nSPS) is 12.8. The zero-order valence-corrected chi connectivity index (χ0v) is 11.0. The van der Waals surface area contributed by atoms with Crippen LogP contribution in [0.25, 0.3) is 11.0 Å². The van der Waals surface area contributed by atoms with Gasteiger partial charge in [-0.15, -0.1) is 0 Å². The van der Waals surface area contributed by atoms with E-state index in [2.05, 4.69) is 10.3 Å². The van der Waals surface area contributed by atoms with Crippen molar-refractivity contribution in [2.75, 3.05) is 23.4 Å². The lowest BCUT2D eigenvalue weighted by Crippen LogP contribution is -2.14. The smallest absolute Gasteiger partial charge is 0.203 e. The molecular formula is C12H17N3OS. The van der Waals surface area contributed by atoms with E-state index >= 15 is 0 Å². The number of anilines is 1. The molecule has 4 nitrogen and oxygen atoms in total. The van der Waals surface area contributed by atoms with E-state index < -0.39 is 10.8 Å². The third-order valence-electron chi connectivity index (χ3n) is 2.72. The van der Waals surface area contributed by atoms with Crippen LogP contribution < -0.4 is 5.32 Å². The average molecular weight is 251 g/mol. The van der Waals surface area contributed by atoms with Crippen LogP contribution in [0.4, 0.5) is 5.95 Å². The van der Waals surface area contributed by atoms with Gasteiger partial charge in [0, 0.05) is 35.9 Å². The lowest BCUT2D eigenvalue weighted by molar-refractivity contribution is 0.684. The zero-order valence-electron chi connectivity index (χ0n) is 10.1. The first kappa shape index (κ1) is 12.1. The fourth-order valence-electron chi connectivity index (χ4n) is 1.72. The monoisotopic (exact) mass is 251 g/mol. The van der Waals surface area contributed by atoms with Crippen LogP contribution in [0.3, 0.4) is 0 Å². The number of aryl methyl sites for hydroxylation is 1. The maximum atomic E-state index is 11.3. The first-order valence-corrected chi connectivity index (χ1v) is 7.21. The van der Waals surface area contributed by atoms with Crippen molar-refractivity contribution >= 4 is 27.8 Å². The molecule has 0 bridgehead atoms. The third kappa shape index (κ3) is 2.66. The molecule has 1 unspecified atom stereocenters. The molecule has 0 saturated carbocycles. The van der Waals surface area contributed by atoms with Gasteiger partial charge in [-0.1, -0.05) is 19.1 Å². The van der Waals surface area contributed by atoms with Gasteiger partial charge in [-0.2, -0.15) is 0 Å². The fourth-order valence-corrected chi connectivity index (χ4v) is 2.34. The van der Waals surface area contributed by atoms with Gasteiger partial charge >= 0.3 is 0 Å². The number of fused-ring (bicyclic) bond motifs is 1. The second-order valence-corrected chi connectivity index (χ2v) is 5.71. The molecule has 0 amide bonds. The number of rotatable bonds is 5. The molecule has 1 N–H and O–H groups in total. The Kier molecular flexibility index (Phi) is 3.78. The van der Waals surface area contributed by atoms with E-state index in [0.29, 0.717) is 18.1 Å². The summed E-state index contributed by atoms with van der Waals surface area (Å²) in [5.74, 6) is 2.21. The summed E-state index contributed by atoms with van der Waals surface area (Å²) in [5.41, 5.74) is 2.08. The van der Waals surface area contributed by atoms with Crippen molar-refractivity contribution in [1.29, 1.82) is 0 Å². The number of para-hydroxylation sites is 2. The van der Waals surface area contributed by atoms with Crippen LogP contribution >= 0.6 is 0 Å². The SMILES string of the molecule is CCS(=O)CCNc1nc2ccccc2n1C. The van der Waals surface area contributed by atoms with E-state index in [1.165, 1.54) is 0 Å². The van der Waals surface area contributed by atoms with Crippen LogP contribution in [-0.4, -0.2) is 31.8 Å². The molecule has 0 aliphatic rings. The Morgan fingerprint density at radius 1 is 1.41 bits per heavy atom. The van der Waals surface area contributed by atoms with Crippen molar-refractivity contribution in [1.82, 2.24) is 9.55 Å². The number of imidazole rings is 1. The Labute approximate surface area is 104 Å². The predicted molar refractivity (Wildman–Crippen MR) is 72.8 cm³/mol. The van der Waals surface area contributed by atoms with Gasteiger partial charge in [0.05, 0.1) is 11.0 Å². The molecule has 92 valence electrons. The number of hydrogen-bond donors (Lipinski definition) is 1. The molecule has 1 aromatic heterocycles. The highest BCUT2D eigenvalue weighted by Crippen LogP contribution is 2.17. The molecule has 0 saturated heterocycles. The summed E-state index contributed by atoms with van der Waals surface area (Å²) in [5, 5.41) is 3.23. The summed E-state index contributed by atoms with van der Waals surface area (Å²) in [6, 6.07) is 8.01. The molecule has 5 heteroatoms. The molecule has 1 heterocycles. The van der Waals surface area contributed by atoms with Crippen molar-refractivity contribution in [3.63, 3.8) is 0 Å². The van der Waals surface area contributed by atoms with Crippen LogP contribution in [0.1, 0.15) is 6.92 Å². The molecule has 0 fully saturated rings. The topological polar surface area (TPSA) is 46.9 Å². The van der Waals surface area contributed by atoms with E-state index in [0.717, 1.165) is 17.0 Å². The summed E-state index contributed by atoms with van der Waals surface area (Å²) in [4.78, 5) is 4.49. The van der Waals surface area contributed by atoms with E-state index in [4.69, 9.17) is 0 Å². The van der Waals surface area contributed by atoms with Crippen molar-refractivity contribution in [2.24, 2.45) is 7.05 Å². The van der Waals surface area contributed by atoms with Gasteiger partial charge in [-0.3, -0.25) is 4.21 Å². The van der Waals surface area contributed by atoms with E-state index in [1.807, 2.05) is 42.8 Å². The Bertz CT molecular complexity index is 536. The van der Waals surface area contributed by atoms with Gasteiger partial charge in [-0.25, -0.2) is 4.98 Å². The minimum Gasteiger partial charge on any atom is -0.355 e. The Morgan fingerprint density at radius 3 is 2.88 bits per heavy atom. The summed E-state index contributed by atoms with van der Waals surface area (Å²) >= 11 is 0. The average Bonchev–Trinajstić information content (AvgIpc) is 2.67. The van der Waals surface area contributed by atoms with Crippen molar-refractivity contribution in [3.8, 4) is 0 Å². The van der Waals surface area contributed by atoms with Crippen molar-refractivity contribution < 1.29 is 4.21 Å². The quantitative estimate of drug-likeness (QED) is 0.880. The highest BCUT2D eigenvalue weighted by Gasteiger charge is 2.06. The van der Waals surface area contributed by atoms with Crippen LogP contribution in [0.2, 0.25) is 0 Å². The second-order valence-electron chi connectivity index (χ2n) is 3.84. The van der Waals surface area contributed by atoms with Crippen LogP contribution in [-0.2, 0) is 17.8 Å². The molecule has 1 aromatic carbocycles. The lowest BCUT2D eigenvalue weighted by Gasteiger charge is -2.05. The standard InChI is InChI=1S/C12H17N3OS/c1-3-17(16)9-8-13-12-14-10-6-4-5-7-11(10)15(12)2/h4-7H,3,8-9H2,1-2H3,(H,13,14). The number of nitrogens with one attached hydrogen (secondary N) is 1. The number of benzene rings is 1. The summed E-state index contributed by atoms with van der Waals surface area (Å²) < 4.78 is 13.3. The number of nitrogens with zero attached hydrogens (tertiary/aromatic N) is 2. The van der Waals surface area contributed by atoms with E-state index in [9.17, 15) is 4.21 Å². The molecule has 1 atom stereocenters. The first-order chi connectivity index (χ1) is 8.22. The highest BCUT2D eigenvalue weighted by atomic mass is 32.2. The second kappa shape index (κ2) is 5.31. The van der Waals surface area contributed by atoms with Crippen LogP contribution in [0, 0.1) is 0 Å². The molecular weight excluding hydrogens is 234 g/mol. The first-order valence-electron chi connectivity index (χ1n) is 5.72. The van der Waals surface area contributed by atoms with E-state index in [-0.39, 0.29) is 0 Å². The van der Waals surface area contributed by atoms with Gasteiger partial charge in [0.15, 0.2) is 0 Å². The number of aromatic nitrogens is 2. The minimum atomic E-state index is -0.725. The Balaban J connectivity index is 2.09. The lowest BCUT2D eigenvalue weighted by atomic mass is 10.3. The van der Waals surface area contributed by atoms with E-state index in [1.54, 1.807) is 0 Å². The maximum Gasteiger partial charge on any atom is 0.203 e. The number of hydrogen-bond acceptors (Lipinski definition) is 3. The van der Waals surface area contributed by atoms with Gasteiger partial charge < -0.3 is 9.88 Å². The predicted octanol–water partition coefficient (Wildman–Crippen LogP) is 1.75. The molecule has 0 aliphatic heterocycles. The molecule has 0 radical (unpaired) electrons. The summed E-state index contributed by atoms with van der Waals surface area (Å²) in [6.07, 6.45) is 0. The Hall–Kier alpha value is -1.36. The molecule has 2 aromatic rings. The van der Waals surface area contributed by atoms with Gasteiger partial charge in [0.1, 0.15) is 0 Å². The molecule has 0 spiro atoms. The Morgan fingerprint density at radius 2 is 2.18 bits per heavy atom. The van der Waals surface area contributed by atoms with Gasteiger partial charge in [0.25, 0.3) is 0 Å². The van der Waals surface area contributed by atoms with Gasteiger partial charge in [-0.05, 0) is 12.1 Å². The van der Waals surface area contributed by atoms with Gasteiger partial charge in [0.2, 0.25) is 5.95 Å². The zero-order chi connectivity index (χ0) is 12.3. The summed E-state index contributed by atoms with van der Waals surface area (Å²) in [7, 11) is 1.26. The molecule has 2 rings (SSSR count). The minimum absolute atomic E-state index is 0.666. The third-order valence-corrected chi connectivity index (χ3v) is 4.03. The van der Waals surface area contributed by atoms with Crippen molar-refractivity contribution in [3.05, 3.63) is 24.3 Å². The largest absolute Gasteiger partial charge is 0.355 e. The van der Waals surface area contributed by atoms with Crippen LogP contribution in [0.5, 0.6) is 0 Å². The molecule has 17 heavy (non-hydrogen) atoms. The fraction of sp³-hybridized carbons (Fsp3) is 0.417. The maximum absolute atomic E-state index is 11.3. The van der Waals surface area contributed by atoms with Crippen LogP contribution in [0.15, 0.2) is 24.3 Å². The summed E-state index contributed by atoms with van der Waals surface area (Å²) in [6.45, 7) is 2.63. The molecule has 0 aliphatic carbocycles.